The fraction of sp³-hybridized carbons (Fsp3) is 0.500. The van der Waals surface area contributed by atoms with E-state index in [-0.39, 0.29) is 12.0 Å². The van der Waals surface area contributed by atoms with Crippen LogP contribution in [0.1, 0.15) is 19.8 Å². The van der Waals surface area contributed by atoms with Crippen molar-refractivity contribution in [1.29, 1.82) is 0 Å². The Morgan fingerprint density at radius 1 is 1.50 bits per heavy atom. The summed E-state index contributed by atoms with van der Waals surface area (Å²) in [4.78, 5) is 13.9. The lowest BCUT2D eigenvalue weighted by Crippen LogP contribution is -2.40. The number of ether oxygens (including phenoxy) is 1. The van der Waals surface area contributed by atoms with E-state index < -0.39 is 6.10 Å². The zero-order valence-corrected chi connectivity index (χ0v) is 10.6. The summed E-state index contributed by atoms with van der Waals surface area (Å²) in [6.45, 7) is 2.97. The summed E-state index contributed by atoms with van der Waals surface area (Å²) in [5, 5.41) is 9.46. The number of aliphatic hydroxyl groups is 1. The summed E-state index contributed by atoms with van der Waals surface area (Å²) in [6, 6.07) is 9.36. The molecular formula is C14H19NO3. The highest BCUT2D eigenvalue weighted by Crippen LogP contribution is 2.16. The number of hydrogen-bond acceptors (Lipinski definition) is 3. The predicted octanol–water partition coefficient (Wildman–Crippen LogP) is 1.44. The Morgan fingerprint density at radius 3 is 2.78 bits per heavy atom. The molecule has 1 unspecified atom stereocenters. The number of hydrogen-bond donors (Lipinski definition) is 1. The lowest BCUT2D eigenvalue weighted by molar-refractivity contribution is -0.138. The van der Waals surface area contributed by atoms with E-state index in [1.54, 1.807) is 4.90 Å². The molecule has 1 aliphatic heterocycles. The topological polar surface area (TPSA) is 49.8 Å². The van der Waals surface area contributed by atoms with Crippen molar-refractivity contribution in [3.63, 3.8) is 0 Å². The molecule has 1 aromatic carbocycles. The van der Waals surface area contributed by atoms with Crippen molar-refractivity contribution >= 4 is 5.91 Å². The van der Waals surface area contributed by atoms with Crippen LogP contribution in [0.25, 0.3) is 0 Å². The second kappa shape index (κ2) is 5.87. The molecule has 4 nitrogen and oxygen atoms in total. The fourth-order valence-corrected chi connectivity index (χ4v) is 2.12. The van der Waals surface area contributed by atoms with Gasteiger partial charge in [0.15, 0.2) is 6.10 Å². The first-order valence-electron chi connectivity index (χ1n) is 6.39. The number of β-amino-alcohol motifs (C(OH)–C–C–N with tert-alkyl or cyclic N) is 1. The molecule has 2 rings (SSSR count). The van der Waals surface area contributed by atoms with Gasteiger partial charge in [0.1, 0.15) is 5.75 Å². The number of nitrogens with zero attached hydrogens (tertiary/aromatic N) is 1. The lowest BCUT2D eigenvalue weighted by atomic mass is 10.2. The number of para-hydroxylation sites is 1. The molecule has 0 saturated carbocycles. The van der Waals surface area contributed by atoms with E-state index in [1.165, 1.54) is 0 Å². The third-order valence-corrected chi connectivity index (χ3v) is 3.14. The SMILES string of the molecule is CCC(Oc1ccccc1)C(=O)N1CC[C@@H](O)C1. The Morgan fingerprint density at radius 2 is 2.22 bits per heavy atom. The molecule has 4 heteroatoms. The van der Waals surface area contributed by atoms with Gasteiger partial charge in [-0.05, 0) is 25.0 Å². The van der Waals surface area contributed by atoms with Crippen LogP contribution >= 0.6 is 0 Å². The zero-order chi connectivity index (χ0) is 13.0. The Bertz CT molecular complexity index is 393. The van der Waals surface area contributed by atoms with Crippen LogP contribution in [0.5, 0.6) is 5.75 Å². The van der Waals surface area contributed by atoms with Crippen molar-refractivity contribution in [3.05, 3.63) is 30.3 Å². The highest BCUT2D eigenvalue weighted by molar-refractivity contribution is 5.81. The van der Waals surface area contributed by atoms with E-state index in [4.69, 9.17) is 4.74 Å². The minimum absolute atomic E-state index is 0.0297. The quantitative estimate of drug-likeness (QED) is 0.878. The fourth-order valence-electron chi connectivity index (χ4n) is 2.12. The van der Waals surface area contributed by atoms with Crippen LogP contribution in [-0.2, 0) is 4.79 Å². The zero-order valence-electron chi connectivity index (χ0n) is 10.6. The van der Waals surface area contributed by atoms with Gasteiger partial charge in [0.25, 0.3) is 5.91 Å². The third-order valence-electron chi connectivity index (χ3n) is 3.14. The summed E-state index contributed by atoms with van der Waals surface area (Å²) in [5.41, 5.74) is 0. The number of rotatable bonds is 4. The van der Waals surface area contributed by atoms with E-state index in [1.807, 2.05) is 37.3 Å². The van der Waals surface area contributed by atoms with Gasteiger partial charge in [-0.1, -0.05) is 25.1 Å². The molecule has 18 heavy (non-hydrogen) atoms. The van der Waals surface area contributed by atoms with Gasteiger partial charge in [-0.25, -0.2) is 0 Å². The molecule has 0 aromatic heterocycles. The highest BCUT2D eigenvalue weighted by Gasteiger charge is 2.30. The normalized spacial score (nSPS) is 20.8. The van der Waals surface area contributed by atoms with E-state index >= 15 is 0 Å². The standard InChI is InChI=1S/C14H19NO3/c1-2-13(18-12-6-4-3-5-7-12)14(17)15-9-8-11(16)10-15/h3-7,11,13,16H,2,8-10H2,1H3/t11-,13?/m1/s1. The summed E-state index contributed by atoms with van der Waals surface area (Å²) in [6.07, 6.45) is 0.439. The first kappa shape index (κ1) is 12.9. The van der Waals surface area contributed by atoms with Gasteiger partial charge in [0, 0.05) is 13.1 Å². The average Bonchev–Trinajstić information content (AvgIpc) is 2.83. The van der Waals surface area contributed by atoms with Gasteiger partial charge in [0.05, 0.1) is 6.10 Å². The van der Waals surface area contributed by atoms with Crippen molar-refractivity contribution in [3.8, 4) is 5.75 Å². The van der Waals surface area contributed by atoms with Crippen molar-refractivity contribution in [2.45, 2.75) is 32.0 Å². The van der Waals surface area contributed by atoms with Crippen molar-refractivity contribution in [1.82, 2.24) is 4.90 Å². The van der Waals surface area contributed by atoms with E-state index in [0.717, 1.165) is 0 Å². The molecule has 0 bridgehead atoms. The summed E-state index contributed by atoms with van der Waals surface area (Å²) in [5.74, 6) is 0.676. The van der Waals surface area contributed by atoms with Crippen molar-refractivity contribution < 1.29 is 14.6 Å². The van der Waals surface area contributed by atoms with Crippen LogP contribution in [0.15, 0.2) is 30.3 Å². The highest BCUT2D eigenvalue weighted by atomic mass is 16.5. The molecule has 1 saturated heterocycles. The average molecular weight is 249 g/mol. The lowest BCUT2D eigenvalue weighted by Gasteiger charge is -2.23. The molecule has 1 aliphatic rings. The summed E-state index contributed by atoms with van der Waals surface area (Å²) in [7, 11) is 0. The van der Waals surface area contributed by atoms with E-state index in [0.29, 0.717) is 31.7 Å². The first-order chi connectivity index (χ1) is 8.70. The summed E-state index contributed by atoms with van der Waals surface area (Å²) >= 11 is 0. The second-order valence-corrected chi connectivity index (χ2v) is 4.55. The number of amides is 1. The maximum Gasteiger partial charge on any atom is 0.263 e. The molecule has 1 amide bonds. The van der Waals surface area contributed by atoms with Crippen molar-refractivity contribution in [2.75, 3.05) is 13.1 Å². The minimum Gasteiger partial charge on any atom is -0.481 e. The second-order valence-electron chi connectivity index (χ2n) is 4.55. The molecule has 2 atom stereocenters. The van der Waals surface area contributed by atoms with E-state index in [2.05, 4.69) is 0 Å². The molecule has 0 aliphatic carbocycles. The van der Waals surface area contributed by atoms with Gasteiger partial charge >= 0.3 is 0 Å². The smallest absolute Gasteiger partial charge is 0.263 e. The van der Waals surface area contributed by atoms with Gasteiger partial charge < -0.3 is 14.7 Å². The van der Waals surface area contributed by atoms with Gasteiger partial charge in [0.2, 0.25) is 0 Å². The first-order valence-corrected chi connectivity index (χ1v) is 6.39. The third kappa shape index (κ3) is 3.01. The Kier molecular flexibility index (Phi) is 4.20. The largest absolute Gasteiger partial charge is 0.481 e. The maximum absolute atomic E-state index is 12.2. The molecule has 98 valence electrons. The van der Waals surface area contributed by atoms with Gasteiger partial charge in [-0.3, -0.25) is 4.79 Å². The van der Waals surface area contributed by atoms with Crippen molar-refractivity contribution in [2.24, 2.45) is 0 Å². The minimum atomic E-state index is -0.460. The molecule has 1 aromatic rings. The predicted molar refractivity (Wildman–Crippen MR) is 68.4 cm³/mol. The number of aliphatic hydroxyl groups excluding tert-OH is 1. The Labute approximate surface area is 107 Å². The molecule has 1 fully saturated rings. The molecular weight excluding hydrogens is 230 g/mol. The Hall–Kier alpha value is -1.55. The van der Waals surface area contributed by atoms with Crippen LogP contribution in [0.2, 0.25) is 0 Å². The van der Waals surface area contributed by atoms with Crippen LogP contribution in [-0.4, -0.2) is 41.2 Å². The number of carbonyl (C=O) groups excluding carboxylic acids is 1. The van der Waals surface area contributed by atoms with Gasteiger partial charge in [-0.2, -0.15) is 0 Å². The molecule has 1 N–H and O–H groups in total. The van der Waals surface area contributed by atoms with Gasteiger partial charge in [-0.15, -0.1) is 0 Å². The number of likely N-dealkylation sites (tertiary alicyclic amines) is 1. The molecule has 0 radical (unpaired) electrons. The maximum atomic E-state index is 12.2. The summed E-state index contributed by atoms with van der Waals surface area (Å²) < 4.78 is 5.70. The Balaban J connectivity index is 1.98. The number of carbonyl (C=O) groups is 1. The van der Waals surface area contributed by atoms with Crippen LogP contribution < -0.4 is 4.74 Å². The van der Waals surface area contributed by atoms with Crippen LogP contribution in [0.4, 0.5) is 0 Å². The number of benzene rings is 1. The molecule has 1 heterocycles. The van der Waals surface area contributed by atoms with Crippen LogP contribution in [0, 0.1) is 0 Å². The van der Waals surface area contributed by atoms with E-state index in [9.17, 15) is 9.90 Å². The van der Waals surface area contributed by atoms with Crippen LogP contribution in [0.3, 0.4) is 0 Å². The monoisotopic (exact) mass is 249 g/mol. The molecule has 0 spiro atoms.